The lowest BCUT2D eigenvalue weighted by Gasteiger charge is -2.24. The summed E-state index contributed by atoms with van der Waals surface area (Å²) in [6, 6.07) is 2.51. The van der Waals surface area contributed by atoms with Crippen LogP contribution < -0.4 is 0 Å². The van der Waals surface area contributed by atoms with Gasteiger partial charge in [-0.3, -0.25) is 4.68 Å². The molecule has 1 saturated carbocycles. The molecule has 0 spiro atoms. The van der Waals surface area contributed by atoms with Crippen LogP contribution in [0.4, 0.5) is 0 Å². The van der Waals surface area contributed by atoms with Gasteiger partial charge in [0.25, 0.3) is 0 Å². The maximum absolute atomic E-state index is 10.2. The van der Waals surface area contributed by atoms with Crippen LogP contribution in [-0.2, 0) is 6.42 Å². The number of rotatable bonds is 7. The van der Waals surface area contributed by atoms with Crippen LogP contribution in [0.3, 0.4) is 0 Å². The fourth-order valence-electron chi connectivity index (χ4n) is 3.46. The van der Waals surface area contributed by atoms with Gasteiger partial charge in [-0.05, 0) is 24.8 Å². The van der Waals surface area contributed by atoms with Crippen molar-refractivity contribution in [3.63, 3.8) is 0 Å². The third-order valence-electron chi connectivity index (χ3n) is 4.96. The standard InChI is InChI=1S/C17H30N2O2/c1-3-13(4-2)17(21)16(20)12-14-10-11-19(18-14)15-8-6-5-7-9-15/h10-11,13,15-17,20-21H,3-9,12H2,1-2H3. The van der Waals surface area contributed by atoms with Gasteiger partial charge in [0.15, 0.2) is 0 Å². The van der Waals surface area contributed by atoms with Gasteiger partial charge in [0, 0.05) is 12.6 Å². The van der Waals surface area contributed by atoms with E-state index in [1.54, 1.807) is 0 Å². The van der Waals surface area contributed by atoms with Crippen molar-refractivity contribution < 1.29 is 10.2 Å². The van der Waals surface area contributed by atoms with E-state index in [4.69, 9.17) is 0 Å². The predicted molar refractivity (Wildman–Crippen MR) is 84.1 cm³/mol. The van der Waals surface area contributed by atoms with Crippen molar-refractivity contribution in [2.24, 2.45) is 5.92 Å². The maximum Gasteiger partial charge on any atom is 0.0857 e. The van der Waals surface area contributed by atoms with E-state index < -0.39 is 12.2 Å². The Kier molecular flexibility index (Phi) is 6.24. The zero-order valence-electron chi connectivity index (χ0n) is 13.4. The summed E-state index contributed by atoms with van der Waals surface area (Å²) in [5.74, 6) is 0.167. The smallest absolute Gasteiger partial charge is 0.0857 e. The van der Waals surface area contributed by atoms with E-state index in [-0.39, 0.29) is 5.92 Å². The molecule has 0 aliphatic heterocycles. The topological polar surface area (TPSA) is 58.3 Å². The van der Waals surface area contributed by atoms with E-state index in [0.29, 0.717) is 12.5 Å². The Morgan fingerprint density at radius 3 is 2.48 bits per heavy atom. The first-order chi connectivity index (χ1) is 10.2. The first-order valence-corrected chi connectivity index (χ1v) is 8.55. The van der Waals surface area contributed by atoms with Crippen LogP contribution in [0, 0.1) is 5.92 Å². The minimum Gasteiger partial charge on any atom is -0.390 e. The van der Waals surface area contributed by atoms with Crippen molar-refractivity contribution >= 4 is 0 Å². The van der Waals surface area contributed by atoms with Crippen LogP contribution in [-0.4, -0.2) is 32.2 Å². The van der Waals surface area contributed by atoms with Gasteiger partial charge < -0.3 is 10.2 Å². The third-order valence-corrected chi connectivity index (χ3v) is 4.96. The van der Waals surface area contributed by atoms with E-state index in [1.807, 2.05) is 12.3 Å². The summed E-state index contributed by atoms with van der Waals surface area (Å²) in [7, 11) is 0. The van der Waals surface area contributed by atoms with E-state index in [9.17, 15) is 10.2 Å². The van der Waals surface area contributed by atoms with Gasteiger partial charge in [-0.1, -0.05) is 46.0 Å². The van der Waals surface area contributed by atoms with Crippen LogP contribution in [0.5, 0.6) is 0 Å². The molecule has 2 rings (SSSR count). The molecular formula is C17H30N2O2. The van der Waals surface area contributed by atoms with Crippen molar-refractivity contribution in [3.05, 3.63) is 18.0 Å². The summed E-state index contributed by atoms with van der Waals surface area (Å²) in [4.78, 5) is 0. The monoisotopic (exact) mass is 294 g/mol. The third kappa shape index (κ3) is 4.30. The summed E-state index contributed by atoms with van der Waals surface area (Å²) >= 11 is 0. The van der Waals surface area contributed by atoms with Gasteiger partial charge in [0.1, 0.15) is 0 Å². The van der Waals surface area contributed by atoms with Crippen LogP contribution >= 0.6 is 0 Å². The Morgan fingerprint density at radius 1 is 1.19 bits per heavy atom. The number of hydrogen-bond donors (Lipinski definition) is 2. The van der Waals surface area contributed by atoms with Crippen molar-refractivity contribution in [1.29, 1.82) is 0 Å². The second kappa shape index (κ2) is 7.95. The minimum atomic E-state index is -0.718. The lowest BCUT2D eigenvalue weighted by molar-refractivity contribution is -0.0192. The number of hydrogen-bond acceptors (Lipinski definition) is 3. The molecule has 0 aromatic carbocycles. The van der Waals surface area contributed by atoms with Crippen molar-refractivity contribution in [2.45, 2.75) is 83.5 Å². The highest BCUT2D eigenvalue weighted by molar-refractivity contribution is 5.02. The van der Waals surface area contributed by atoms with E-state index in [1.165, 1.54) is 32.1 Å². The molecule has 2 unspecified atom stereocenters. The Bertz CT molecular complexity index is 409. The zero-order chi connectivity index (χ0) is 15.2. The maximum atomic E-state index is 10.2. The minimum absolute atomic E-state index is 0.167. The largest absolute Gasteiger partial charge is 0.390 e. The molecule has 4 nitrogen and oxygen atoms in total. The zero-order valence-corrected chi connectivity index (χ0v) is 13.4. The molecule has 0 radical (unpaired) electrons. The summed E-state index contributed by atoms with van der Waals surface area (Å²) < 4.78 is 2.06. The number of aliphatic hydroxyl groups excluding tert-OH is 2. The van der Waals surface area contributed by atoms with E-state index in [2.05, 4.69) is 23.6 Å². The average Bonchev–Trinajstić information content (AvgIpc) is 2.97. The Balaban J connectivity index is 1.92. The summed E-state index contributed by atoms with van der Waals surface area (Å²) in [6.07, 6.45) is 9.22. The molecule has 4 heteroatoms. The molecule has 0 saturated heterocycles. The number of aromatic nitrogens is 2. The quantitative estimate of drug-likeness (QED) is 0.812. The summed E-state index contributed by atoms with van der Waals surface area (Å²) in [5, 5.41) is 25.0. The highest BCUT2D eigenvalue weighted by Crippen LogP contribution is 2.27. The first-order valence-electron chi connectivity index (χ1n) is 8.55. The molecule has 1 aromatic rings. The highest BCUT2D eigenvalue weighted by atomic mass is 16.3. The first kappa shape index (κ1) is 16.5. The summed E-state index contributed by atoms with van der Waals surface area (Å²) in [6.45, 7) is 4.11. The van der Waals surface area contributed by atoms with Gasteiger partial charge in [-0.15, -0.1) is 0 Å². The van der Waals surface area contributed by atoms with Crippen molar-refractivity contribution in [1.82, 2.24) is 9.78 Å². The highest BCUT2D eigenvalue weighted by Gasteiger charge is 2.25. The Morgan fingerprint density at radius 2 is 1.86 bits per heavy atom. The molecule has 0 amide bonds. The fourth-order valence-corrected chi connectivity index (χ4v) is 3.46. The van der Waals surface area contributed by atoms with Crippen LogP contribution in [0.2, 0.25) is 0 Å². The molecule has 2 atom stereocenters. The van der Waals surface area contributed by atoms with Gasteiger partial charge in [0.2, 0.25) is 0 Å². The molecule has 1 fully saturated rings. The molecule has 1 aliphatic rings. The molecule has 1 heterocycles. The molecule has 1 aliphatic carbocycles. The molecule has 120 valence electrons. The lowest BCUT2D eigenvalue weighted by atomic mass is 9.91. The second-order valence-corrected chi connectivity index (χ2v) is 6.42. The lowest BCUT2D eigenvalue weighted by Crippen LogP contribution is -2.34. The molecular weight excluding hydrogens is 264 g/mol. The number of aliphatic hydroxyl groups is 2. The normalized spacial score (nSPS) is 19.9. The molecule has 1 aromatic heterocycles. The van der Waals surface area contributed by atoms with Gasteiger partial charge in [0.05, 0.1) is 23.9 Å². The van der Waals surface area contributed by atoms with Crippen molar-refractivity contribution in [2.75, 3.05) is 0 Å². The second-order valence-electron chi connectivity index (χ2n) is 6.42. The van der Waals surface area contributed by atoms with Crippen LogP contribution in [0.25, 0.3) is 0 Å². The fraction of sp³-hybridized carbons (Fsp3) is 0.824. The van der Waals surface area contributed by atoms with Crippen LogP contribution in [0.15, 0.2) is 12.3 Å². The molecule has 2 N–H and O–H groups in total. The van der Waals surface area contributed by atoms with Gasteiger partial charge >= 0.3 is 0 Å². The Labute approximate surface area is 128 Å². The number of nitrogens with zero attached hydrogens (tertiary/aromatic N) is 2. The summed E-state index contributed by atoms with van der Waals surface area (Å²) in [5.41, 5.74) is 0.887. The van der Waals surface area contributed by atoms with Gasteiger partial charge in [-0.25, -0.2) is 0 Å². The Hall–Kier alpha value is -0.870. The van der Waals surface area contributed by atoms with E-state index >= 15 is 0 Å². The van der Waals surface area contributed by atoms with E-state index in [0.717, 1.165) is 18.5 Å². The van der Waals surface area contributed by atoms with Gasteiger partial charge in [-0.2, -0.15) is 5.10 Å². The molecule has 0 bridgehead atoms. The average molecular weight is 294 g/mol. The SMILES string of the molecule is CCC(CC)C(O)C(O)Cc1ccn(C2CCCCC2)n1. The molecule has 21 heavy (non-hydrogen) atoms. The van der Waals surface area contributed by atoms with Crippen molar-refractivity contribution in [3.8, 4) is 0 Å². The predicted octanol–water partition coefficient (Wildman–Crippen LogP) is 3.09. The van der Waals surface area contributed by atoms with Crippen LogP contribution in [0.1, 0.15) is 70.5 Å².